The van der Waals surface area contributed by atoms with E-state index in [1.165, 1.54) is 25.7 Å². The summed E-state index contributed by atoms with van der Waals surface area (Å²) in [5.41, 5.74) is 3.53. The Kier molecular flexibility index (Phi) is 4.38. The van der Waals surface area contributed by atoms with Gasteiger partial charge in [0.15, 0.2) is 18.2 Å². The van der Waals surface area contributed by atoms with E-state index in [0.717, 1.165) is 84.6 Å². The van der Waals surface area contributed by atoms with Crippen LogP contribution in [0.3, 0.4) is 0 Å². The van der Waals surface area contributed by atoms with E-state index >= 15 is 0 Å². The molecule has 7 aliphatic rings. The number of nitrogens with zero attached hydrogens (tertiary/aromatic N) is 2. The van der Waals surface area contributed by atoms with Crippen molar-refractivity contribution in [2.24, 2.45) is 11.8 Å². The van der Waals surface area contributed by atoms with Gasteiger partial charge in [-0.3, -0.25) is 14.6 Å². The first kappa shape index (κ1) is 19.1. The van der Waals surface area contributed by atoms with E-state index in [-0.39, 0.29) is 18.2 Å². The molecule has 0 radical (unpaired) electrons. The van der Waals surface area contributed by atoms with Crippen LogP contribution in [0.5, 0.6) is 11.5 Å². The van der Waals surface area contributed by atoms with Gasteiger partial charge in [0.1, 0.15) is 11.5 Å². The zero-order valence-corrected chi connectivity index (χ0v) is 18.5. The summed E-state index contributed by atoms with van der Waals surface area (Å²) in [5.74, 6) is 3.29. The summed E-state index contributed by atoms with van der Waals surface area (Å²) < 4.78 is 12.7. The second kappa shape index (κ2) is 7.32. The predicted octanol–water partition coefficient (Wildman–Crippen LogP) is 4.54. The van der Waals surface area contributed by atoms with Crippen molar-refractivity contribution in [2.75, 3.05) is 26.2 Å². The van der Waals surface area contributed by atoms with Gasteiger partial charge in [-0.1, -0.05) is 0 Å². The number of carbonyl (C=O) groups excluding carboxylic acids is 1. The number of fused-ring (bicyclic) bond motifs is 9. The first-order valence-electron chi connectivity index (χ1n) is 12.4. The summed E-state index contributed by atoms with van der Waals surface area (Å²) in [7, 11) is 0. The van der Waals surface area contributed by atoms with Gasteiger partial charge >= 0.3 is 0 Å². The van der Waals surface area contributed by atoms with Crippen molar-refractivity contribution in [1.29, 1.82) is 0 Å². The monoisotopic (exact) mass is 430 g/mol. The third-order valence-electron chi connectivity index (χ3n) is 8.49. The summed E-state index contributed by atoms with van der Waals surface area (Å²) >= 11 is 0. The molecule has 0 saturated carbocycles. The lowest BCUT2D eigenvalue weighted by Crippen LogP contribution is -2.51. The third kappa shape index (κ3) is 3.09. The Bertz CT molecular complexity index is 983. The summed E-state index contributed by atoms with van der Waals surface area (Å²) in [5, 5.41) is 0. The van der Waals surface area contributed by atoms with Crippen molar-refractivity contribution in [3.8, 4) is 22.6 Å². The van der Waals surface area contributed by atoms with Crippen LogP contribution < -0.4 is 9.47 Å². The van der Waals surface area contributed by atoms with Crippen LogP contribution in [0.15, 0.2) is 36.4 Å². The van der Waals surface area contributed by atoms with E-state index < -0.39 is 0 Å². The zero-order valence-electron chi connectivity index (χ0n) is 18.5. The molecule has 0 aromatic heterocycles. The van der Waals surface area contributed by atoms with E-state index in [1.807, 2.05) is 24.3 Å². The average molecular weight is 431 g/mol. The van der Waals surface area contributed by atoms with Crippen LogP contribution >= 0.6 is 0 Å². The maximum atomic E-state index is 13.3. The standard InChI is InChI=1S/C27H30N2O3/c30-27-23-15-19(31-25-13-17-5-9-28(25)10-6-17)1-3-21(23)22-4-2-20(16-24(22)27)32-26-14-18-7-11-29(26)12-8-18/h1-4,15-18,25-26H,5-14H2. The lowest BCUT2D eigenvalue weighted by atomic mass is 9.87. The van der Waals surface area contributed by atoms with Gasteiger partial charge in [-0.25, -0.2) is 0 Å². The average Bonchev–Trinajstić information content (AvgIpc) is 3.12. The minimum absolute atomic E-state index is 0.0850. The number of benzene rings is 2. The lowest BCUT2D eigenvalue weighted by Gasteiger charge is -2.44. The summed E-state index contributed by atoms with van der Waals surface area (Å²) in [6.07, 6.45) is 7.68. The van der Waals surface area contributed by atoms with Crippen molar-refractivity contribution < 1.29 is 14.3 Å². The highest BCUT2D eigenvalue weighted by Crippen LogP contribution is 2.42. The van der Waals surface area contributed by atoms with E-state index in [4.69, 9.17) is 9.47 Å². The SMILES string of the molecule is O=C1c2cc(OC3CC4CCN3CC4)ccc2-c2ccc(OC3CC4CCN3CC4)cc21. The highest BCUT2D eigenvalue weighted by atomic mass is 16.5. The Balaban J connectivity index is 1.11. The molecule has 5 nitrogen and oxygen atoms in total. The Hall–Kier alpha value is -2.37. The lowest BCUT2D eigenvalue weighted by molar-refractivity contribution is -0.0606. The van der Waals surface area contributed by atoms with E-state index in [2.05, 4.69) is 21.9 Å². The van der Waals surface area contributed by atoms with E-state index in [1.54, 1.807) is 0 Å². The molecule has 166 valence electrons. The van der Waals surface area contributed by atoms with Gasteiger partial charge in [0.05, 0.1) is 0 Å². The third-order valence-corrected chi connectivity index (χ3v) is 8.49. The van der Waals surface area contributed by atoms with Crippen molar-refractivity contribution in [3.63, 3.8) is 0 Å². The molecule has 9 rings (SSSR count). The second-order valence-electron chi connectivity index (χ2n) is 10.3. The van der Waals surface area contributed by atoms with Gasteiger partial charge in [-0.15, -0.1) is 0 Å². The molecule has 2 atom stereocenters. The molecule has 0 N–H and O–H groups in total. The van der Waals surface area contributed by atoms with Crippen LogP contribution in [0.25, 0.3) is 11.1 Å². The minimum Gasteiger partial charge on any atom is -0.475 e. The molecule has 0 amide bonds. The van der Waals surface area contributed by atoms with Crippen molar-refractivity contribution in [1.82, 2.24) is 9.80 Å². The zero-order chi connectivity index (χ0) is 21.2. The Morgan fingerprint density at radius 2 is 1.06 bits per heavy atom. The first-order valence-corrected chi connectivity index (χ1v) is 12.4. The van der Waals surface area contributed by atoms with Crippen molar-refractivity contribution in [2.45, 2.75) is 51.0 Å². The predicted molar refractivity (Wildman–Crippen MR) is 122 cm³/mol. The van der Waals surface area contributed by atoms with Gasteiger partial charge in [0, 0.05) is 50.1 Å². The Labute approximate surface area is 189 Å². The fourth-order valence-corrected chi connectivity index (χ4v) is 6.57. The maximum Gasteiger partial charge on any atom is 0.194 e. The molecule has 6 saturated heterocycles. The summed E-state index contributed by atoms with van der Waals surface area (Å²) in [6, 6.07) is 12.1. The largest absolute Gasteiger partial charge is 0.475 e. The molecule has 5 heteroatoms. The Morgan fingerprint density at radius 3 is 1.44 bits per heavy atom. The highest BCUT2D eigenvalue weighted by molar-refractivity contribution is 6.22. The molecular formula is C27H30N2O3. The van der Waals surface area contributed by atoms with Gasteiger partial charge in [0.2, 0.25) is 0 Å². The maximum absolute atomic E-state index is 13.3. The number of rotatable bonds is 4. The molecule has 1 aliphatic carbocycles. The van der Waals surface area contributed by atoms with Crippen LogP contribution in [-0.2, 0) is 0 Å². The number of hydrogen-bond acceptors (Lipinski definition) is 5. The number of ketones is 1. The summed E-state index contributed by atoms with van der Waals surface area (Å²) in [4.78, 5) is 18.2. The van der Waals surface area contributed by atoms with Gasteiger partial charge in [-0.2, -0.15) is 0 Å². The minimum atomic E-state index is 0.0850. The summed E-state index contributed by atoms with van der Waals surface area (Å²) in [6.45, 7) is 4.53. The molecule has 2 unspecified atom stereocenters. The molecule has 2 aromatic carbocycles. The van der Waals surface area contributed by atoms with E-state index in [9.17, 15) is 4.79 Å². The topological polar surface area (TPSA) is 42.0 Å². The Morgan fingerprint density at radius 1 is 0.625 bits per heavy atom. The van der Waals surface area contributed by atoms with Crippen molar-refractivity contribution in [3.05, 3.63) is 47.5 Å². The number of carbonyl (C=O) groups is 1. The molecule has 32 heavy (non-hydrogen) atoms. The van der Waals surface area contributed by atoms with Crippen LogP contribution in [0, 0.1) is 11.8 Å². The van der Waals surface area contributed by atoms with Crippen molar-refractivity contribution >= 4 is 5.78 Å². The van der Waals surface area contributed by atoms with E-state index in [0.29, 0.717) is 0 Å². The molecule has 4 bridgehead atoms. The van der Waals surface area contributed by atoms with Gasteiger partial charge < -0.3 is 9.47 Å². The van der Waals surface area contributed by atoms with Crippen LogP contribution in [-0.4, -0.2) is 54.2 Å². The smallest absolute Gasteiger partial charge is 0.194 e. The van der Waals surface area contributed by atoms with Gasteiger partial charge in [-0.05, 0) is 85.0 Å². The fraction of sp³-hybridized carbons (Fsp3) is 0.519. The number of hydrogen-bond donors (Lipinski definition) is 0. The second-order valence-corrected chi connectivity index (χ2v) is 10.3. The molecule has 6 fully saturated rings. The highest BCUT2D eigenvalue weighted by Gasteiger charge is 2.37. The molecule has 0 spiro atoms. The molecular weight excluding hydrogens is 400 g/mol. The fourth-order valence-electron chi connectivity index (χ4n) is 6.57. The number of piperidine rings is 6. The van der Waals surface area contributed by atoms with Crippen LogP contribution in [0.4, 0.5) is 0 Å². The number of ether oxygens (including phenoxy) is 2. The van der Waals surface area contributed by atoms with Gasteiger partial charge in [0.25, 0.3) is 0 Å². The normalized spacial score (nSPS) is 34.3. The molecule has 6 aliphatic heterocycles. The molecule has 6 heterocycles. The van der Waals surface area contributed by atoms with Crippen LogP contribution in [0.2, 0.25) is 0 Å². The van der Waals surface area contributed by atoms with Crippen LogP contribution in [0.1, 0.15) is 54.4 Å². The quantitative estimate of drug-likeness (QED) is 0.608. The molecule has 2 aromatic rings. The first-order chi connectivity index (χ1) is 15.7.